The molecule has 1 unspecified atom stereocenters. The number of aliphatic hydroxyl groups excluding tert-OH is 1. The van der Waals surface area contributed by atoms with Crippen molar-refractivity contribution in [3.05, 3.63) is 64.7 Å². The van der Waals surface area contributed by atoms with Gasteiger partial charge in [-0.05, 0) is 48.1 Å². The molecule has 2 aromatic carbocycles. The van der Waals surface area contributed by atoms with Gasteiger partial charge in [0, 0.05) is 11.6 Å². The number of hydrogen-bond donors (Lipinski definition) is 2. The third-order valence-electron chi connectivity index (χ3n) is 3.19. The highest BCUT2D eigenvalue weighted by atomic mass is 35.5. The highest BCUT2D eigenvalue weighted by Crippen LogP contribution is 2.21. The van der Waals surface area contributed by atoms with E-state index < -0.39 is 0 Å². The van der Waals surface area contributed by atoms with Gasteiger partial charge in [0.1, 0.15) is 5.75 Å². The Kier molecular flexibility index (Phi) is 4.83. The summed E-state index contributed by atoms with van der Waals surface area (Å²) in [5, 5.41) is 19.5. The number of aromatic hydroxyl groups is 1. The molecule has 0 fully saturated rings. The molecule has 2 nitrogen and oxygen atoms in total. The van der Waals surface area contributed by atoms with Crippen molar-refractivity contribution in [1.29, 1.82) is 0 Å². The van der Waals surface area contributed by atoms with Crippen molar-refractivity contribution in [3.63, 3.8) is 0 Å². The van der Waals surface area contributed by atoms with Crippen LogP contribution in [0.25, 0.3) is 0 Å². The number of halogens is 1. The van der Waals surface area contributed by atoms with Crippen LogP contribution < -0.4 is 0 Å². The van der Waals surface area contributed by atoms with E-state index in [0.29, 0.717) is 0 Å². The van der Waals surface area contributed by atoms with Crippen LogP contribution in [0.1, 0.15) is 11.1 Å². The molecule has 2 N–H and O–H groups in total. The Hall–Kier alpha value is -1.51. The Morgan fingerprint density at radius 1 is 0.947 bits per heavy atom. The van der Waals surface area contributed by atoms with Crippen molar-refractivity contribution >= 4 is 11.6 Å². The quantitative estimate of drug-likeness (QED) is 0.878. The molecule has 0 aliphatic rings. The molecule has 0 radical (unpaired) electrons. The first-order chi connectivity index (χ1) is 9.19. The van der Waals surface area contributed by atoms with E-state index in [1.807, 2.05) is 36.4 Å². The zero-order chi connectivity index (χ0) is 13.7. The fourth-order valence-corrected chi connectivity index (χ4v) is 2.35. The molecule has 0 spiro atoms. The fourth-order valence-electron chi connectivity index (χ4n) is 2.14. The zero-order valence-electron chi connectivity index (χ0n) is 10.6. The Morgan fingerprint density at radius 2 is 1.63 bits per heavy atom. The molecule has 2 aromatic rings. The van der Waals surface area contributed by atoms with Gasteiger partial charge in [-0.3, -0.25) is 0 Å². The molecule has 0 aromatic heterocycles. The van der Waals surface area contributed by atoms with Crippen LogP contribution in [0.4, 0.5) is 0 Å². The van der Waals surface area contributed by atoms with Crippen molar-refractivity contribution in [2.75, 3.05) is 6.61 Å². The smallest absolute Gasteiger partial charge is 0.115 e. The van der Waals surface area contributed by atoms with E-state index in [1.54, 1.807) is 12.1 Å². The second-order valence-electron chi connectivity index (χ2n) is 4.71. The lowest BCUT2D eigenvalue weighted by atomic mass is 9.93. The van der Waals surface area contributed by atoms with Crippen LogP contribution in [0, 0.1) is 5.92 Å². The van der Waals surface area contributed by atoms with E-state index in [4.69, 9.17) is 11.6 Å². The van der Waals surface area contributed by atoms with Crippen LogP contribution in [0.5, 0.6) is 5.75 Å². The highest BCUT2D eigenvalue weighted by Gasteiger charge is 2.11. The highest BCUT2D eigenvalue weighted by molar-refractivity contribution is 6.31. The third-order valence-corrected chi connectivity index (χ3v) is 3.55. The van der Waals surface area contributed by atoms with Gasteiger partial charge in [0.2, 0.25) is 0 Å². The van der Waals surface area contributed by atoms with E-state index in [2.05, 4.69) is 0 Å². The van der Waals surface area contributed by atoms with E-state index in [1.165, 1.54) is 0 Å². The summed E-state index contributed by atoms with van der Waals surface area (Å²) in [4.78, 5) is 0. The first kappa shape index (κ1) is 13.9. The molecular weight excluding hydrogens is 260 g/mol. The molecule has 0 amide bonds. The second-order valence-corrected chi connectivity index (χ2v) is 5.12. The lowest BCUT2D eigenvalue weighted by molar-refractivity contribution is 0.225. The minimum atomic E-state index is 0.117. The summed E-state index contributed by atoms with van der Waals surface area (Å²) in [7, 11) is 0. The molecule has 0 saturated carbocycles. The Labute approximate surface area is 118 Å². The van der Waals surface area contributed by atoms with Crippen molar-refractivity contribution < 1.29 is 10.2 Å². The van der Waals surface area contributed by atoms with Crippen molar-refractivity contribution in [3.8, 4) is 5.75 Å². The molecule has 0 saturated heterocycles. The third kappa shape index (κ3) is 3.98. The Morgan fingerprint density at radius 3 is 2.26 bits per heavy atom. The minimum absolute atomic E-state index is 0.117. The predicted molar refractivity (Wildman–Crippen MR) is 77.5 cm³/mol. The van der Waals surface area contributed by atoms with Gasteiger partial charge in [0.15, 0.2) is 0 Å². The molecule has 100 valence electrons. The summed E-state index contributed by atoms with van der Waals surface area (Å²) >= 11 is 6.13. The summed E-state index contributed by atoms with van der Waals surface area (Å²) in [6, 6.07) is 14.8. The first-order valence-electron chi connectivity index (χ1n) is 6.31. The molecule has 0 bridgehead atoms. The van der Waals surface area contributed by atoms with E-state index in [9.17, 15) is 10.2 Å². The predicted octanol–water partition coefficient (Wildman–Crippen LogP) is 3.44. The van der Waals surface area contributed by atoms with E-state index >= 15 is 0 Å². The lowest BCUT2D eigenvalue weighted by Gasteiger charge is -2.15. The maximum atomic E-state index is 9.50. The monoisotopic (exact) mass is 276 g/mol. The van der Waals surface area contributed by atoms with Crippen LogP contribution in [0.2, 0.25) is 5.02 Å². The van der Waals surface area contributed by atoms with Crippen molar-refractivity contribution in [1.82, 2.24) is 0 Å². The number of benzene rings is 2. The van der Waals surface area contributed by atoms with Gasteiger partial charge in [-0.2, -0.15) is 0 Å². The van der Waals surface area contributed by atoms with Crippen LogP contribution in [0.15, 0.2) is 48.5 Å². The molecule has 0 aliphatic carbocycles. The second kappa shape index (κ2) is 6.60. The number of phenolic OH excluding ortho intramolecular Hbond substituents is 1. The van der Waals surface area contributed by atoms with E-state index in [0.717, 1.165) is 29.0 Å². The topological polar surface area (TPSA) is 40.5 Å². The summed E-state index contributed by atoms with van der Waals surface area (Å²) in [5.74, 6) is 0.389. The molecule has 3 heteroatoms. The largest absolute Gasteiger partial charge is 0.508 e. The summed E-state index contributed by atoms with van der Waals surface area (Å²) in [6.07, 6.45) is 1.51. The normalized spacial score (nSPS) is 12.3. The lowest BCUT2D eigenvalue weighted by Crippen LogP contribution is -2.13. The van der Waals surface area contributed by atoms with Gasteiger partial charge in [0.05, 0.1) is 0 Å². The maximum Gasteiger partial charge on any atom is 0.115 e. The average molecular weight is 277 g/mol. The van der Waals surface area contributed by atoms with Crippen LogP contribution in [-0.4, -0.2) is 16.8 Å². The number of rotatable bonds is 5. The molecule has 0 heterocycles. The number of phenols is 1. The maximum absolute atomic E-state index is 9.50. The summed E-state index contributed by atoms with van der Waals surface area (Å²) < 4.78 is 0. The number of aliphatic hydroxyl groups is 1. The summed E-state index contributed by atoms with van der Waals surface area (Å²) in [5.41, 5.74) is 2.16. The first-order valence-corrected chi connectivity index (χ1v) is 6.69. The SMILES string of the molecule is OCC(Cc1ccc(O)cc1)Cc1ccccc1Cl. The average Bonchev–Trinajstić information content (AvgIpc) is 2.43. The van der Waals surface area contributed by atoms with Crippen molar-refractivity contribution in [2.24, 2.45) is 5.92 Å². The molecule has 2 rings (SSSR count). The summed E-state index contributed by atoms with van der Waals surface area (Å²) in [6.45, 7) is 0.117. The van der Waals surface area contributed by atoms with Gasteiger partial charge >= 0.3 is 0 Å². The Balaban J connectivity index is 2.05. The standard InChI is InChI=1S/C16H17ClO2/c17-16-4-2-1-3-14(16)10-13(11-18)9-12-5-7-15(19)8-6-12/h1-8,13,18-19H,9-11H2. The number of hydrogen-bond acceptors (Lipinski definition) is 2. The van der Waals surface area contributed by atoms with Gasteiger partial charge in [-0.25, -0.2) is 0 Å². The minimum Gasteiger partial charge on any atom is -0.508 e. The zero-order valence-corrected chi connectivity index (χ0v) is 11.3. The van der Waals surface area contributed by atoms with Crippen LogP contribution >= 0.6 is 11.6 Å². The van der Waals surface area contributed by atoms with Gasteiger partial charge in [-0.15, -0.1) is 0 Å². The molecular formula is C16H17ClO2. The molecule has 0 aliphatic heterocycles. The Bertz CT molecular complexity index is 523. The van der Waals surface area contributed by atoms with Crippen molar-refractivity contribution in [2.45, 2.75) is 12.8 Å². The van der Waals surface area contributed by atoms with Crippen LogP contribution in [0.3, 0.4) is 0 Å². The fraction of sp³-hybridized carbons (Fsp3) is 0.250. The molecule has 1 atom stereocenters. The van der Waals surface area contributed by atoms with Crippen LogP contribution in [-0.2, 0) is 12.8 Å². The van der Waals surface area contributed by atoms with E-state index in [-0.39, 0.29) is 18.3 Å². The molecule has 19 heavy (non-hydrogen) atoms. The van der Waals surface area contributed by atoms with Gasteiger partial charge < -0.3 is 10.2 Å². The van der Waals surface area contributed by atoms with Gasteiger partial charge in [0.25, 0.3) is 0 Å². The van der Waals surface area contributed by atoms with Gasteiger partial charge in [-0.1, -0.05) is 41.9 Å².